The van der Waals surface area contributed by atoms with Crippen molar-refractivity contribution < 1.29 is 4.74 Å². The topological polar surface area (TPSA) is 21.3 Å². The molecule has 0 bridgehead atoms. The van der Waals surface area contributed by atoms with Crippen LogP contribution in [0.5, 0.6) is 0 Å². The summed E-state index contributed by atoms with van der Waals surface area (Å²) in [6.45, 7) is 9.26. The van der Waals surface area contributed by atoms with Gasteiger partial charge in [-0.25, -0.2) is 0 Å². The summed E-state index contributed by atoms with van der Waals surface area (Å²) in [5, 5.41) is 3.43. The van der Waals surface area contributed by atoms with Crippen molar-refractivity contribution in [2.45, 2.75) is 33.2 Å². The van der Waals surface area contributed by atoms with Crippen molar-refractivity contribution in [3.8, 4) is 0 Å². The van der Waals surface area contributed by atoms with Crippen LogP contribution in [0.3, 0.4) is 0 Å². The highest BCUT2D eigenvalue weighted by molar-refractivity contribution is 7.99. The number of hydrogen-bond donors (Lipinski definition) is 1. The first-order chi connectivity index (χ1) is 6.31. The van der Waals surface area contributed by atoms with Gasteiger partial charge in [-0.1, -0.05) is 13.8 Å². The highest BCUT2D eigenvalue weighted by atomic mass is 32.2. The molecule has 80 valence electrons. The molecule has 1 N–H and O–H groups in total. The van der Waals surface area contributed by atoms with Gasteiger partial charge in [0.1, 0.15) is 0 Å². The van der Waals surface area contributed by atoms with Gasteiger partial charge >= 0.3 is 0 Å². The summed E-state index contributed by atoms with van der Waals surface area (Å²) in [7, 11) is 0. The van der Waals surface area contributed by atoms with E-state index >= 15 is 0 Å². The SMILES string of the molecule is CCCOCCNC(C)CSCC. The van der Waals surface area contributed by atoms with Crippen LogP contribution < -0.4 is 5.32 Å². The van der Waals surface area contributed by atoms with Crippen molar-refractivity contribution in [1.29, 1.82) is 0 Å². The van der Waals surface area contributed by atoms with Crippen LogP contribution in [0.15, 0.2) is 0 Å². The molecule has 0 aromatic heterocycles. The fourth-order valence-electron chi connectivity index (χ4n) is 0.977. The second kappa shape index (κ2) is 10.4. The Hall–Kier alpha value is 0.270. The van der Waals surface area contributed by atoms with Crippen LogP contribution >= 0.6 is 11.8 Å². The van der Waals surface area contributed by atoms with Crippen LogP contribution in [-0.2, 0) is 4.74 Å². The molecule has 13 heavy (non-hydrogen) atoms. The third kappa shape index (κ3) is 10.2. The lowest BCUT2D eigenvalue weighted by atomic mass is 10.4. The lowest BCUT2D eigenvalue weighted by Gasteiger charge is -2.12. The summed E-state index contributed by atoms with van der Waals surface area (Å²) in [6, 6.07) is 0.607. The number of nitrogens with one attached hydrogen (secondary N) is 1. The van der Waals surface area contributed by atoms with Gasteiger partial charge in [0, 0.05) is 24.9 Å². The molecule has 0 fully saturated rings. The molecule has 0 radical (unpaired) electrons. The molecular formula is C10H23NOS. The number of rotatable bonds is 9. The minimum absolute atomic E-state index is 0.607. The summed E-state index contributed by atoms with van der Waals surface area (Å²) in [4.78, 5) is 0. The standard InChI is InChI=1S/C10H23NOS/c1-4-7-12-8-6-11-10(3)9-13-5-2/h10-11H,4-9H2,1-3H3. The Morgan fingerprint density at radius 1 is 1.31 bits per heavy atom. The molecule has 1 unspecified atom stereocenters. The Kier molecular flexibility index (Phi) is 10.6. The van der Waals surface area contributed by atoms with Gasteiger partial charge in [0.15, 0.2) is 0 Å². The first-order valence-electron chi connectivity index (χ1n) is 5.20. The van der Waals surface area contributed by atoms with E-state index in [1.165, 1.54) is 11.5 Å². The third-order valence-corrected chi connectivity index (χ3v) is 2.80. The molecule has 2 nitrogen and oxygen atoms in total. The molecule has 1 atom stereocenters. The second-order valence-corrected chi connectivity index (χ2v) is 4.45. The normalized spacial score (nSPS) is 13.2. The van der Waals surface area contributed by atoms with Gasteiger partial charge in [0.2, 0.25) is 0 Å². The Balaban J connectivity index is 3.03. The van der Waals surface area contributed by atoms with Gasteiger partial charge < -0.3 is 10.1 Å². The van der Waals surface area contributed by atoms with Gasteiger partial charge in [-0.2, -0.15) is 11.8 Å². The quantitative estimate of drug-likeness (QED) is 0.583. The van der Waals surface area contributed by atoms with Crippen LogP contribution in [-0.4, -0.2) is 37.3 Å². The summed E-state index contributed by atoms with van der Waals surface area (Å²) in [5.74, 6) is 2.41. The van der Waals surface area contributed by atoms with Crippen LogP contribution in [0.1, 0.15) is 27.2 Å². The lowest BCUT2D eigenvalue weighted by Crippen LogP contribution is -2.31. The highest BCUT2D eigenvalue weighted by Gasteiger charge is 1.98. The van der Waals surface area contributed by atoms with E-state index in [4.69, 9.17) is 4.74 Å². The smallest absolute Gasteiger partial charge is 0.0591 e. The van der Waals surface area contributed by atoms with E-state index in [-0.39, 0.29) is 0 Å². The number of thioether (sulfide) groups is 1. The molecule has 0 aliphatic carbocycles. The zero-order valence-electron chi connectivity index (χ0n) is 9.14. The minimum atomic E-state index is 0.607. The van der Waals surface area contributed by atoms with E-state index in [2.05, 4.69) is 26.1 Å². The molecule has 3 heteroatoms. The van der Waals surface area contributed by atoms with E-state index < -0.39 is 0 Å². The van der Waals surface area contributed by atoms with E-state index in [0.29, 0.717) is 6.04 Å². The van der Waals surface area contributed by atoms with Gasteiger partial charge in [0.05, 0.1) is 6.61 Å². The molecule has 0 aromatic carbocycles. The van der Waals surface area contributed by atoms with Crippen molar-refractivity contribution in [1.82, 2.24) is 5.32 Å². The summed E-state index contributed by atoms with van der Waals surface area (Å²) < 4.78 is 5.37. The van der Waals surface area contributed by atoms with Gasteiger partial charge in [-0.3, -0.25) is 0 Å². The largest absolute Gasteiger partial charge is 0.380 e. The molecule has 0 rings (SSSR count). The molecule has 0 heterocycles. The van der Waals surface area contributed by atoms with Crippen molar-refractivity contribution in [3.63, 3.8) is 0 Å². The maximum absolute atomic E-state index is 5.37. The second-order valence-electron chi connectivity index (χ2n) is 3.13. The van der Waals surface area contributed by atoms with E-state index in [1.54, 1.807) is 0 Å². The molecule has 0 aromatic rings. The lowest BCUT2D eigenvalue weighted by molar-refractivity contribution is 0.135. The van der Waals surface area contributed by atoms with Gasteiger partial charge in [-0.05, 0) is 19.1 Å². The van der Waals surface area contributed by atoms with E-state index in [9.17, 15) is 0 Å². The highest BCUT2D eigenvalue weighted by Crippen LogP contribution is 2.00. The summed E-state index contributed by atoms with van der Waals surface area (Å²) >= 11 is 1.98. The molecule has 0 amide bonds. The Bertz CT molecular complexity index is 101. The first kappa shape index (κ1) is 13.3. The number of ether oxygens (including phenoxy) is 1. The number of hydrogen-bond acceptors (Lipinski definition) is 3. The van der Waals surface area contributed by atoms with Crippen LogP contribution in [0.2, 0.25) is 0 Å². The Labute approximate surface area is 86.8 Å². The predicted molar refractivity (Wildman–Crippen MR) is 61.6 cm³/mol. The van der Waals surface area contributed by atoms with Crippen molar-refractivity contribution in [3.05, 3.63) is 0 Å². The first-order valence-corrected chi connectivity index (χ1v) is 6.35. The van der Waals surface area contributed by atoms with Gasteiger partial charge in [-0.15, -0.1) is 0 Å². The molecule has 0 spiro atoms. The van der Waals surface area contributed by atoms with Crippen molar-refractivity contribution in [2.75, 3.05) is 31.3 Å². The minimum Gasteiger partial charge on any atom is -0.380 e. The van der Waals surface area contributed by atoms with Crippen LogP contribution in [0, 0.1) is 0 Å². The Morgan fingerprint density at radius 2 is 2.08 bits per heavy atom. The maximum atomic E-state index is 5.37. The van der Waals surface area contributed by atoms with Crippen LogP contribution in [0.4, 0.5) is 0 Å². The van der Waals surface area contributed by atoms with Crippen molar-refractivity contribution in [2.24, 2.45) is 0 Å². The average molecular weight is 205 g/mol. The van der Waals surface area contributed by atoms with Gasteiger partial charge in [0.25, 0.3) is 0 Å². The van der Waals surface area contributed by atoms with E-state index in [0.717, 1.165) is 26.2 Å². The van der Waals surface area contributed by atoms with E-state index in [1.807, 2.05) is 11.8 Å². The van der Waals surface area contributed by atoms with Crippen molar-refractivity contribution >= 4 is 11.8 Å². The maximum Gasteiger partial charge on any atom is 0.0591 e. The molecule has 0 saturated heterocycles. The average Bonchev–Trinajstić information content (AvgIpc) is 2.14. The fourth-order valence-corrected chi connectivity index (χ4v) is 1.68. The molecule has 0 aliphatic rings. The predicted octanol–water partition coefficient (Wildman–Crippen LogP) is 2.14. The summed E-state index contributed by atoms with van der Waals surface area (Å²) in [5.41, 5.74) is 0. The monoisotopic (exact) mass is 205 g/mol. The fraction of sp³-hybridized carbons (Fsp3) is 1.00. The summed E-state index contributed by atoms with van der Waals surface area (Å²) in [6.07, 6.45) is 1.11. The molecular weight excluding hydrogens is 182 g/mol. The van der Waals surface area contributed by atoms with Crippen LogP contribution in [0.25, 0.3) is 0 Å². The molecule has 0 saturated carbocycles. The zero-order valence-corrected chi connectivity index (χ0v) is 9.95. The zero-order chi connectivity index (χ0) is 9.94. The Morgan fingerprint density at radius 3 is 2.69 bits per heavy atom. The molecule has 0 aliphatic heterocycles. The third-order valence-electron chi connectivity index (χ3n) is 1.66.